The van der Waals surface area contributed by atoms with Crippen molar-refractivity contribution in [2.24, 2.45) is 0 Å². The van der Waals surface area contributed by atoms with E-state index < -0.39 is 11.9 Å². The maximum atomic E-state index is 12.0. The van der Waals surface area contributed by atoms with E-state index in [-0.39, 0.29) is 25.4 Å². The number of amides is 2. The number of ether oxygens (including phenoxy) is 2. The summed E-state index contributed by atoms with van der Waals surface area (Å²) in [7, 11) is 1.52. The van der Waals surface area contributed by atoms with Crippen LogP contribution >= 0.6 is 0 Å². The van der Waals surface area contributed by atoms with E-state index in [2.05, 4.69) is 10.6 Å². The van der Waals surface area contributed by atoms with Crippen molar-refractivity contribution in [3.05, 3.63) is 54.1 Å². The average molecular weight is 384 g/mol. The largest absolute Gasteiger partial charge is 0.495 e. The van der Waals surface area contributed by atoms with E-state index in [0.29, 0.717) is 23.5 Å². The summed E-state index contributed by atoms with van der Waals surface area (Å²) in [5.41, 5.74) is 2.17. The molecule has 0 aliphatic heterocycles. The lowest BCUT2D eigenvalue weighted by Gasteiger charge is -2.10. The second kappa shape index (κ2) is 10.7. The highest BCUT2D eigenvalue weighted by Crippen LogP contribution is 2.23. The summed E-state index contributed by atoms with van der Waals surface area (Å²) in [5.74, 6) is -0.592. The summed E-state index contributed by atoms with van der Waals surface area (Å²) in [6.07, 6.45) is 0.527. The van der Waals surface area contributed by atoms with Crippen molar-refractivity contribution in [1.82, 2.24) is 0 Å². The zero-order valence-corrected chi connectivity index (χ0v) is 16.0. The van der Waals surface area contributed by atoms with E-state index in [1.54, 1.807) is 30.3 Å². The summed E-state index contributed by atoms with van der Waals surface area (Å²) in [6.45, 7) is 1.51. The summed E-state index contributed by atoms with van der Waals surface area (Å²) < 4.78 is 10.1. The summed E-state index contributed by atoms with van der Waals surface area (Å²) in [5, 5.41) is 5.42. The van der Waals surface area contributed by atoms with Gasteiger partial charge in [0, 0.05) is 18.5 Å². The number of rotatable bonds is 9. The molecule has 2 aromatic rings. The number of methoxy groups -OCH3 is 1. The Kier molecular flexibility index (Phi) is 8.02. The first-order valence-corrected chi connectivity index (χ1v) is 8.93. The third kappa shape index (κ3) is 6.75. The molecule has 0 fully saturated rings. The number of aryl methyl sites for hydroxylation is 1. The lowest BCUT2D eigenvalue weighted by molar-refractivity contribution is -0.147. The topological polar surface area (TPSA) is 93.7 Å². The van der Waals surface area contributed by atoms with Crippen LogP contribution in [-0.2, 0) is 19.1 Å². The van der Waals surface area contributed by atoms with Crippen LogP contribution in [0.1, 0.15) is 24.8 Å². The van der Waals surface area contributed by atoms with Crippen molar-refractivity contribution < 1.29 is 23.9 Å². The highest BCUT2D eigenvalue weighted by Gasteiger charge is 2.11. The fraction of sp³-hybridized carbons (Fsp3) is 0.286. The number of carbonyl (C=O) groups is 3. The summed E-state index contributed by atoms with van der Waals surface area (Å²) in [4.78, 5) is 35.6. The quantitative estimate of drug-likeness (QED) is 0.647. The number of nitrogens with one attached hydrogen (secondary N) is 2. The molecular formula is C21H24N2O5. The first-order valence-electron chi connectivity index (χ1n) is 8.93. The van der Waals surface area contributed by atoms with Crippen LogP contribution in [-0.4, -0.2) is 31.5 Å². The monoisotopic (exact) mass is 384 g/mol. The molecule has 0 heterocycles. The van der Waals surface area contributed by atoms with Crippen molar-refractivity contribution in [3.8, 4) is 5.75 Å². The minimum absolute atomic E-state index is 0.0526. The van der Waals surface area contributed by atoms with Crippen LogP contribution in [0.5, 0.6) is 5.75 Å². The molecule has 7 heteroatoms. The number of anilines is 2. The number of esters is 1. The maximum absolute atomic E-state index is 12.0. The van der Waals surface area contributed by atoms with Crippen LogP contribution in [0.3, 0.4) is 0 Å². The smallest absolute Gasteiger partial charge is 0.306 e. The molecule has 2 amide bonds. The zero-order valence-electron chi connectivity index (χ0n) is 16.0. The van der Waals surface area contributed by atoms with Crippen LogP contribution < -0.4 is 15.4 Å². The Labute approximate surface area is 164 Å². The molecule has 2 aromatic carbocycles. The lowest BCUT2D eigenvalue weighted by Crippen LogP contribution is -2.21. The number of para-hydroxylation sites is 3. The lowest BCUT2D eigenvalue weighted by atomic mass is 10.2. The fourth-order valence-corrected chi connectivity index (χ4v) is 2.47. The van der Waals surface area contributed by atoms with Gasteiger partial charge in [0.15, 0.2) is 6.61 Å². The molecule has 7 nitrogen and oxygen atoms in total. The van der Waals surface area contributed by atoms with Gasteiger partial charge in [-0.05, 0) is 37.1 Å². The summed E-state index contributed by atoms with van der Waals surface area (Å²) >= 11 is 0. The molecule has 0 aromatic heterocycles. The van der Waals surface area contributed by atoms with Crippen LogP contribution in [0.25, 0.3) is 0 Å². The SMILES string of the molecule is COc1ccccc1NC(=O)CCCC(=O)OCC(=O)Nc1ccccc1C. The van der Waals surface area contributed by atoms with Crippen LogP contribution in [0.4, 0.5) is 11.4 Å². The van der Waals surface area contributed by atoms with E-state index in [4.69, 9.17) is 9.47 Å². The molecule has 0 radical (unpaired) electrons. The van der Waals surface area contributed by atoms with Gasteiger partial charge in [0.25, 0.3) is 5.91 Å². The molecule has 0 aliphatic rings. The van der Waals surface area contributed by atoms with E-state index in [1.807, 2.05) is 25.1 Å². The van der Waals surface area contributed by atoms with E-state index >= 15 is 0 Å². The number of benzene rings is 2. The van der Waals surface area contributed by atoms with Gasteiger partial charge in [-0.1, -0.05) is 30.3 Å². The van der Waals surface area contributed by atoms with Gasteiger partial charge in [0.05, 0.1) is 12.8 Å². The highest BCUT2D eigenvalue weighted by molar-refractivity contribution is 5.94. The molecule has 148 valence electrons. The van der Waals surface area contributed by atoms with Crippen molar-refractivity contribution in [2.75, 3.05) is 24.4 Å². The molecule has 0 aliphatic carbocycles. The zero-order chi connectivity index (χ0) is 20.4. The Hall–Kier alpha value is -3.35. The number of carbonyl (C=O) groups excluding carboxylic acids is 3. The molecule has 28 heavy (non-hydrogen) atoms. The van der Waals surface area contributed by atoms with E-state index in [1.165, 1.54) is 7.11 Å². The number of hydrogen-bond donors (Lipinski definition) is 2. The standard InChI is InChI=1S/C21H24N2O5/c1-15-8-3-4-9-16(15)22-20(25)14-28-21(26)13-7-12-19(24)23-17-10-5-6-11-18(17)27-2/h3-6,8-11H,7,12-14H2,1-2H3,(H,22,25)(H,23,24). The average Bonchev–Trinajstić information content (AvgIpc) is 2.68. The van der Waals surface area contributed by atoms with Crippen molar-refractivity contribution in [1.29, 1.82) is 0 Å². The normalized spacial score (nSPS) is 10.1. The van der Waals surface area contributed by atoms with Gasteiger partial charge in [0.1, 0.15) is 5.75 Å². The highest BCUT2D eigenvalue weighted by atomic mass is 16.5. The first-order chi connectivity index (χ1) is 13.5. The molecule has 0 spiro atoms. The Morgan fingerprint density at radius 2 is 1.50 bits per heavy atom. The Bertz CT molecular complexity index is 835. The van der Waals surface area contributed by atoms with Gasteiger partial charge in [0.2, 0.25) is 5.91 Å². The minimum Gasteiger partial charge on any atom is -0.495 e. The molecule has 0 saturated heterocycles. The molecule has 2 N–H and O–H groups in total. The number of hydrogen-bond acceptors (Lipinski definition) is 5. The molecule has 0 atom stereocenters. The second-order valence-electron chi connectivity index (χ2n) is 6.13. The third-order valence-electron chi connectivity index (χ3n) is 3.95. The van der Waals surface area contributed by atoms with Gasteiger partial charge in [-0.15, -0.1) is 0 Å². The molecule has 0 saturated carbocycles. The maximum Gasteiger partial charge on any atom is 0.306 e. The predicted molar refractivity (Wildman–Crippen MR) is 106 cm³/mol. The molecule has 2 rings (SSSR count). The van der Waals surface area contributed by atoms with Gasteiger partial charge in [-0.3, -0.25) is 14.4 Å². The van der Waals surface area contributed by atoms with Crippen LogP contribution in [0.2, 0.25) is 0 Å². The van der Waals surface area contributed by atoms with E-state index in [9.17, 15) is 14.4 Å². The Balaban J connectivity index is 1.66. The van der Waals surface area contributed by atoms with Gasteiger partial charge in [-0.25, -0.2) is 0 Å². The predicted octanol–water partition coefficient (Wildman–Crippen LogP) is 3.29. The van der Waals surface area contributed by atoms with Crippen LogP contribution in [0.15, 0.2) is 48.5 Å². The van der Waals surface area contributed by atoms with Gasteiger partial charge >= 0.3 is 5.97 Å². The van der Waals surface area contributed by atoms with Gasteiger partial charge < -0.3 is 20.1 Å². The Morgan fingerprint density at radius 3 is 2.21 bits per heavy atom. The minimum atomic E-state index is -0.523. The van der Waals surface area contributed by atoms with Crippen LogP contribution in [0, 0.1) is 6.92 Å². The first kappa shape index (κ1) is 21.0. The van der Waals surface area contributed by atoms with Crippen molar-refractivity contribution in [2.45, 2.75) is 26.2 Å². The van der Waals surface area contributed by atoms with Crippen molar-refractivity contribution >= 4 is 29.2 Å². The second-order valence-corrected chi connectivity index (χ2v) is 6.13. The van der Waals surface area contributed by atoms with Gasteiger partial charge in [-0.2, -0.15) is 0 Å². The third-order valence-corrected chi connectivity index (χ3v) is 3.95. The molecular weight excluding hydrogens is 360 g/mol. The van der Waals surface area contributed by atoms with Crippen molar-refractivity contribution in [3.63, 3.8) is 0 Å². The van der Waals surface area contributed by atoms with E-state index in [0.717, 1.165) is 5.56 Å². The Morgan fingerprint density at radius 1 is 0.857 bits per heavy atom. The fourth-order valence-electron chi connectivity index (χ4n) is 2.47. The summed E-state index contributed by atoms with van der Waals surface area (Å²) in [6, 6.07) is 14.4. The molecule has 0 bridgehead atoms. The molecule has 0 unspecified atom stereocenters.